The Morgan fingerprint density at radius 2 is 1.45 bits per heavy atom. The van der Waals surface area contributed by atoms with Gasteiger partial charge < -0.3 is 20.6 Å². The highest BCUT2D eigenvalue weighted by molar-refractivity contribution is 6.07. The van der Waals surface area contributed by atoms with Crippen LogP contribution in [0.1, 0.15) is 106 Å². The standard InChI is InChI=1S/C14H10O.C11H24N2O.C8H10O.2C2H6/c1-2-10-6-5-8-12-11-7-3-4-9-13(11)15-14(10)12;1-6-10(3,4)13-11(5,7-2)8-9(12)14;1-7(9)8-5-3-2-4-6-8;2*1-2/h2-9H,1H2;13H,6-8H2,1-5H3,(H2,12,14);2-7,9H,1H3;2*1-2H3. The van der Waals surface area contributed by atoms with E-state index in [1.807, 2.05) is 94.4 Å². The van der Waals surface area contributed by atoms with Crippen molar-refractivity contribution in [1.82, 2.24) is 5.32 Å². The van der Waals surface area contributed by atoms with E-state index in [1.54, 1.807) is 6.92 Å². The van der Waals surface area contributed by atoms with Crippen LogP contribution in [0.25, 0.3) is 28.0 Å². The lowest BCUT2D eigenvalue weighted by atomic mass is 9.89. The van der Waals surface area contributed by atoms with Gasteiger partial charge in [-0.1, -0.05) is 121 Å². The van der Waals surface area contributed by atoms with Gasteiger partial charge in [0.25, 0.3) is 0 Å². The second-order valence-corrected chi connectivity index (χ2v) is 10.5. The van der Waals surface area contributed by atoms with Gasteiger partial charge in [0.05, 0.1) is 6.10 Å². The number of hydrogen-bond donors (Lipinski definition) is 3. The minimum atomic E-state index is -0.341. The highest BCUT2D eigenvalue weighted by Crippen LogP contribution is 2.30. The van der Waals surface area contributed by atoms with Gasteiger partial charge in [-0.2, -0.15) is 0 Å². The molecule has 0 saturated carbocycles. The van der Waals surface area contributed by atoms with Crippen molar-refractivity contribution in [2.24, 2.45) is 5.73 Å². The SMILES string of the molecule is C=Cc1cccc2c1oc1ccccc12.CC.CC.CC(O)c1ccccc1.CCC(C)(C)NC(C)(CC)CC(N)=O. The summed E-state index contributed by atoms with van der Waals surface area (Å²) in [5, 5.41) is 14.8. The minimum absolute atomic E-state index is 0.0558. The first kappa shape index (κ1) is 38.6. The molecule has 0 spiro atoms. The van der Waals surface area contributed by atoms with Gasteiger partial charge in [0.2, 0.25) is 5.91 Å². The van der Waals surface area contributed by atoms with Crippen LogP contribution in [0.5, 0.6) is 0 Å². The predicted octanol–water partition coefficient (Wildman–Crippen LogP) is 9.83. The van der Waals surface area contributed by atoms with Crippen molar-refractivity contribution in [3.05, 3.63) is 90.5 Å². The summed E-state index contributed by atoms with van der Waals surface area (Å²) < 4.78 is 5.80. The lowest BCUT2D eigenvalue weighted by molar-refractivity contribution is -0.119. The number of para-hydroxylation sites is 2. The second-order valence-electron chi connectivity index (χ2n) is 10.5. The first-order chi connectivity index (χ1) is 19.9. The molecule has 5 heteroatoms. The van der Waals surface area contributed by atoms with Crippen LogP contribution in [0, 0.1) is 0 Å². The van der Waals surface area contributed by atoms with Gasteiger partial charge in [-0.05, 0) is 52.2 Å². The number of carbonyl (C=O) groups excluding carboxylic acids is 1. The van der Waals surface area contributed by atoms with Gasteiger partial charge in [0, 0.05) is 33.8 Å². The van der Waals surface area contributed by atoms with E-state index in [4.69, 9.17) is 15.3 Å². The van der Waals surface area contributed by atoms with Crippen LogP contribution >= 0.6 is 0 Å². The molecule has 232 valence electrons. The summed E-state index contributed by atoms with van der Waals surface area (Å²) in [4.78, 5) is 10.9. The third-order valence-corrected chi connectivity index (χ3v) is 6.81. The van der Waals surface area contributed by atoms with E-state index < -0.39 is 0 Å². The summed E-state index contributed by atoms with van der Waals surface area (Å²) in [5.41, 5.74) is 8.99. The van der Waals surface area contributed by atoms with Gasteiger partial charge in [-0.15, -0.1) is 0 Å². The molecule has 1 amide bonds. The summed E-state index contributed by atoms with van der Waals surface area (Å²) >= 11 is 0. The quantitative estimate of drug-likeness (QED) is 0.195. The molecule has 0 radical (unpaired) electrons. The molecule has 0 aliphatic rings. The second kappa shape index (κ2) is 19.7. The Labute approximate surface area is 255 Å². The van der Waals surface area contributed by atoms with Crippen LogP contribution in [0.3, 0.4) is 0 Å². The average molecular weight is 577 g/mol. The van der Waals surface area contributed by atoms with Gasteiger partial charge in [-0.25, -0.2) is 0 Å². The molecule has 1 aromatic heterocycles. The van der Waals surface area contributed by atoms with E-state index in [-0.39, 0.29) is 23.1 Å². The van der Waals surface area contributed by atoms with Crippen molar-refractivity contribution in [1.29, 1.82) is 0 Å². The van der Waals surface area contributed by atoms with Crippen LogP contribution in [-0.2, 0) is 4.79 Å². The number of carbonyl (C=O) groups is 1. The number of furan rings is 1. The summed E-state index contributed by atoms with van der Waals surface area (Å²) in [6.45, 7) is 24.1. The molecule has 4 N–H and O–H groups in total. The smallest absolute Gasteiger partial charge is 0.219 e. The number of nitrogens with one attached hydrogen (secondary N) is 1. The maximum Gasteiger partial charge on any atom is 0.219 e. The van der Waals surface area contributed by atoms with Crippen LogP contribution < -0.4 is 11.1 Å². The van der Waals surface area contributed by atoms with Crippen LogP contribution in [0.4, 0.5) is 0 Å². The van der Waals surface area contributed by atoms with E-state index in [0.29, 0.717) is 6.42 Å². The Kier molecular flexibility index (Phi) is 18.1. The van der Waals surface area contributed by atoms with Gasteiger partial charge in [0.1, 0.15) is 11.2 Å². The number of aliphatic hydroxyl groups is 1. The largest absolute Gasteiger partial charge is 0.455 e. The number of fused-ring (bicyclic) bond motifs is 3. The summed E-state index contributed by atoms with van der Waals surface area (Å²) in [7, 11) is 0. The molecular weight excluding hydrogens is 520 g/mol. The zero-order valence-corrected chi connectivity index (χ0v) is 27.8. The molecular formula is C37H56N2O3. The monoisotopic (exact) mass is 576 g/mol. The first-order valence-corrected chi connectivity index (χ1v) is 15.3. The van der Waals surface area contributed by atoms with Crippen molar-refractivity contribution in [3.8, 4) is 0 Å². The Morgan fingerprint density at radius 1 is 0.905 bits per heavy atom. The molecule has 2 unspecified atom stereocenters. The molecule has 0 aliphatic carbocycles. The lowest BCUT2D eigenvalue weighted by Crippen LogP contribution is -2.54. The molecule has 0 fully saturated rings. The average Bonchev–Trinajstić information content (AvgIpc) is 3.39. The van der Waals surface area contributed by atoms with Crippen molar-refractivity contribution in [2.45, 2.75) is 106 Å². The highest BCUT2D eigenvalue weighted by atomic mass is 16.3. The predicted molar refractivity (Wildman–Crippen MR) is 184 cm³/mol. The summed E-state index contributed by atoms with van der Waals surface area (Å²) in [5.74, 6) is -0.242. The van der Waals surface area contributed by atoms with Crippen molar-refractivity contribution in [2.75, 3.05) is 0 Å². The Bertz CT molecular complexity index is 1310. The van der Waals surface area contributed by atoms with E-state index in [2.05, 4.69) is 58.6 Å². The van der Waals surface area contributed by atoms with Crippen molar-refractivity contribution < 1.29 is 14.3 Å². The first-order valence-electron chi connectivity index (χ1n) is 15.3. The Hall–Kier alpha value is -3.41. The van der Waals surface area contributed by atoms with Crippen molar-refractivity contribution in [3.63, 3.8) is 0 Å². The number of amides is 1. The van der Waals surface area contributed by atoms with E-state index >= 15 is 0 Å². The molecule has 0 aliphatic heterocycles. The molecule has 2 atom stereocenters. The maximum absolute atomic E-state index is 10.9. The molecule has 0 saturated heterocycles. The van der Waals surface area contributed by atoms with Crippen LogP contribution in [0.2, 0.25) is 0 Å². The molecule has 4 aromatic rings. The van der Waals surface area contributed by atoms with E-state index in [0.717, 1.165) is 45.9 Å². The number of nitrogens with two attached hydrogens (primary N) is 1. The highest BCUT2D eigenvalue weighted by Gasteiger charge is 2.30. The molecule has 3 aromatic carbocycles. The number of rotatable bonds is 8. The molecule has 0 bridgehead atoms. The topological polar surface area (TPSA) is 88.5 Å². The van der Waals surface area contributed by atoms with Crippen LogP contribution in [-0.4, -0.2) is 22.1 Å². The Balaban J connectivity index is 0.000000581. The van der Waals surface area contributed by atoms with E-state index in [1.165, 1.54) is 0 Å². The number of benzene rings is 3. The van der Waals surface area contributed by atoms with Gasteiger partial charge in [-0.3, -0.25) is 4.79 Å². The summed E-state index contributed by atoms with van der Waals surface area (Å²) in [6, 6.07) is 23.8. The number of primary amides is 1. The number of hydrogen-bond acceptors (Lipinski definition) is 4. The zero-order valence-electron chi connectivity index (χ0n) is 27.8. The van der Waals surface area contributed by atoms with Crippen molar-refractivity contribution >= 4 is 33.9 Å². The Morgan fingerprint density at radius 3 is 1.93 bits per heavy atom. The molecule has 5 nitrogen and oxygen atoms in total. The molecule has 1 heterocycles. The number of aliphatic hydroxyl groups excluding tert-OH is 1. The minimum Gasteiger partial charge on any atom is -0.455 e. The third kappa shape index (κ3) is 12.6. The fraction of sp³-hybridized carbons (Fsp3) is 0.432. The molecule has 42 heavy (non-hydrogen) atoms. The normalized spacial score (nSPS) is 12.5. The third-order valence-electron chi connectivity index (χ3n) is 6.81. The zero-order chi connectivity index (χ0) is 32.3. The molecule has 4 rings (SSSR count). The lowest BCUT2D eigenvalue weighted by Gasteiger charge is -2.38. The fourth-order valence-electron chi connectivity index (χ4n) is 4.21. The van der Waals surface area contributed by atoms with Gasteiger partial charge >= 0.3 is 0 Å². The summed E-state index contributed by atoms with van der Waals surface area (Å²) in [6.07, 6.45) is 3.81. The maximum atomic E-state index is 10.9. The fourth-order valence-corrected chi connectivity index (χ4v) is 4.21. The van der Waals surface area contributed by atoms with E-state index in [9.17, 15) is 4.79 Å². The van der Waals surface area contributed by atoms with Gasteiger partial charge in [0.15, 0.2) is 0 Å². The van der Waals surface area contributed by atoms with Crippen LogP contribution in [0.15, 0.2) is 83.8 Å².